The molecule has 1 aromatic carbocycles. The SMILES string of the molecule is CC(Nc1cccc(C(F)(F)F)n1)c1ccc(CN)cc1. The van der Waals surface area contributed by atoms with Crippen molar-refractivity contribution in [3.05, 3.63) is 59.3 Å². The highest BCUT2D eigenvalue weighted by Crippen LogP contribution is 2.28. The molecule has 1 heterocycles. The number of nitrogens with zero attached hydrogens (tertiary/aromatic N) is 1. The highest BCUT2D eigenvalue weighted by Gasteiger charge is 2.32. The zero-order valence-corrected chi connectivity index (χ0v) is 11.5. The fraction of sp³-hybridized carbons (Fsp3) is 0.267. The summed E-state index contributed by atoms with van der Waals surface area (Å²) in [6.07, 6.45) is -4.44. The number of hydrogen-bond donors (Lipinski definition) is 2. The van der Waals surface area contributed by atoms with E-state index >= 15 is 0 Å². The third-order valence-corrected chi connectivity index (χ3v) is 3.12. The van der Waals surface area contributed by atoms with Gasteiger partial charge in [-0.2, -0.15) is 13.2 Å². The number of rotatable bonds is 4. The Balaban J connectivity index is 2.13. The molecule has 2 rings (SSSR count). The zero-order valence-electron chi connectivity index (χ0n) is 11.5. The van der Waals surface area contributed by atoms with E-state index in [0.29, 0.717) is 6.54 Å². The molecule has 1 aromatic heterocycles. The van der Waals surface area contributed by atoms with E-state index in [9.17, 15) is 13.2 Å². The minimum Gasteiger partial charge on any atom is -0.364 e. The van der Waals surface area contributed by atoms with E-state index in [-0.39, 0.29) is 11.9 Å². The lowest BCUT2D eigenvalue weighted by Gasteiger charge is -2.16. The van der Waals surface area contributed by atoms with Crippen molar-refractivity contribution in [3.63, 3.8) is 0 Å². The van der Waals surface area contributed by atoms with Gasteiger partial charge < -0.3 is 11.1 Å². The molecule has 0 saturated carbocycles. The number of aromatic nitrogens is 1. The van der Waals surface area contributed by atoms with Gasteiger partial charge in [-0.05, 0) is 30.2 Å². The van der Waals surface area contributed by atoms with Gasteiger partial charge in [-0.15, -0.1) is 0 Å². The second-order valence-electron chi connectivity index (χ2n) is 4.72. The fourth-order valence-corrected chi connectivity index (χ4v) is 1.92. The topological polar surface area (TPSA) is 50.9 Å². The molecule has 0 aliphatic rings. The summed E-state index contributed by atoms with van der Waals surface area (Å²) in [6, 6.07) is 11.2. The standard InChI is InChI=1S/C15H16F3N3/c1-10(12-7-5-11(9-19)6-8-12)20-14-4-2-3-13(21-14)15(16,17)18/h2-8,10H,9,19H2,1H3,(H,20,21). The van der Waals surface area contributed by atoms with Crippen LogP contribution in [0.5, 0.6) is 0 Å². The summed E-state index contributed by atoms with van der Waals surface area (Å²) in [5.41, 5.74) is 6.57. The molecule has 0 bridgehead atoms. The Morgan fingerprint density at radius 3 is 2.38 bits per heavy atom. The van der Waals surface area contributed by atoms with Crippen LogP contribution in [0.25, 0.3) is 0 Å². The molecule has 1 atom stereocenters. The molecule has 0 radical (unpaired) electrons. The van der Waals surface area contributed by atoms with Gasteiger partial charge in [0.2, 0.25) is 0 Å². The Morgan fingerprint density at radius 2 is 1.81 bits per heavy atom. The molecule has 3 nitrogen and oxygen atoms in total. The molecule has 2 aromatic rings. The predicted octanol–water partition coefficient (Wildman–Crippen LogP) is 3.73. The van der Waals surface area contributed by atoms with Crippen LogP contribution in [0.2, 0.25) is 0 Å². The van der Waals surface area contributed by atoms with Crippen LogP contribution in [0.1, 0.15) is 29.8 Å². The molecule has 0 spiro atoms. The van der Waals surface area contributed by atoms with Crippen LogP contribution < -0.4 is 11.1 Å². The first-order chi connectivity index (χ1) is 9.90. The molecular formula is C15H16F3N3. The molecule has 0 aliphatic carbocycles. The molecule has 0 saturated heterocycles. The Kier molecular flexibility index (Phi) is 4.47. The first kappa shape index (κ1) is 15.3. The molecular weight excluding hydrogens is 279 g/mol. The van der Waals surface area contributed by atoms with Gasteiger partial charge in [0.25, 0.3) is 0 Å². The lowest BCUT2D eigenvalue weighted by atomic mass is 10.1. The predicted molar refractivity (Wildman–Crippen MR) is 75.6 cm³/mol. The van der Waals surface area contributed by atoms with Gasteiger partial charge in [-0.1, -0.05) is 30.3 Å². The van der Waals surface area contributed by atoms with Crippen molar-refractivity contribution in [1.29, 1.82) is 0 Å². The van der Waals surface area contributed by atoms with Gasteiger partial charge in [0.1, 0.15) is 11.5 Å². The van der Waals surface area contributed by atoms with Crippen LogP contribution in [-0.4, -0.2) is 4.98 Å². The van der Waals surface area contributed by atoms with Crippen molar-refractivity contribution in [1.82, 2.24) is 4.98 Å². The smallest absolute Gasteiger partial charge is 0.364 e. The Hall–Kier alpha value is -2.08. The summed E-state index contributed by atoms with van der Waals surface area (Å²) in [4.78, 5) is 3.59. The summed E-state index contributed by atoms with van der Waals surface area (Å²) in [7, 11) is 0. The maximum absolute atomic E-state index is 12.6. The van der Waals surface area contributed by atoms with E-state index in [0.717, 1.165) is 17.2 Å². The molecule has 6 heteroatoms. The first-order valence-electron chi connectivity index (χ1n) is 6.50. The van der Waals surface area contributed by atoms with E-state index in [1.165, 1.54) is 12.1 Å². The minimum absolute atomic E-state index is 0.159. The van der Waals surface area contributed by atoms with Crippen LogP contribution in [0.3, 0.4) is 0 Å². The van der Waals surface area contributed by atoms with E-state index < -0.39 is 11.9 Å². The number of halogens is 3. The Labute approximate surface area is 121 Å². The van der Waals surface area contributed by atoms with Crippen LogP contribution in [0, 0.1) is 0 Å². The second-order valence-corrected chi connectivity index (χ2v) is 4.72. The first-order valence-corrected chi connectivity index (χ1v) is 6.50. The molecule has 21 heavy (non-hydrogen) atoms. The molecule has 0 amide bonds. The normalized spacial score (nSPS) is 13.0. The molecule has 0 aliphatic heterocycles. The maximum Gasteiger partial charge on any atom is 0.433 e. The molecule has 3 N–H and O–H groups in total. The van der Waals surface area contributed by atoms with E-state index in [1.807, 2.05) is 31.2 Å². The van der Waals surface area contributed by atoms with Crippen molar-refractivity contribution in [3.8, 4) is 0 Å². The van der Waals surface area contributed by atoms with E-state index in [4.69, 9.17) is 5.73 Å². The molecule has 0 fully saturated rings. The van der Waals surface area contributed by atoms with Crippen LogP contribution >= 0.6 is 0 Å². The summed E-state index contributed by atoms with van der Waals surface area (Å²) in [5.74, 6) is 0.195. The van der Waals surface area contributed by atoms with Crippen molar-refractivity contribution < 1.29 is 13.2 Å². The second kappa shape index (κ2) is 6.13. The molecule has 112 valence electrons. The largest absolute Gasteiger partial charge is 0.433 e. The third-order valence-electron chi connectivity index (χ3n) is 3.12. The number of nitrogens with two attached hydrogens (primary N) is 1. The average molecular weight is 295 g/mol. The quantitative estimate of drug-likeness (QED) is 0.903. The average Bonchev–Trinajstić information content (AvgIpc) is 2.47. The van der Waals surface area contributed by atoms with Crippen LogP contribution in [0.15, 0.2) is 42.5 Å². The van der Waals surface area contributed by atoms with Crippen molar-refractivity contribution in [2.24, 2.45) is 5.73 Å². The molecule has 1 unspecified atom stereocenters. The highest BCUT2D eigenvalue weighted by atomic mass is 19.4. The zero-order chi connectivity index (χ0) is 15.5. The van der Waals surface area contributed by atoms with Crippen molar-refractivity contribution in [2.75, 3.05) is 5.32 Å². The van der Waals surface area contributed by atoms with Crippen LogP contribution in [-0.2, 0) is 12.7 Å². The van der Waals surface area contributed by atoms with Crippen LogP contribution in [0.4, 0.5) is 19.0 Å². The van der Waals surface area contributed by atoms with Gasteiger partial charge in [0.05, 0.1) is 0 Å². The summed E-state index contributed by atoms with van der Waals surface area (Å²) < 4.78 is 37.8. The Morgan fingerprint density at radius 1 is 1.14 bits per heavy atom. The number of hydrogen-bond acceptors (Lipinski definition) is 3. The van der Waals surface area contributed by atoms with E-state index in [1.54, 1.807) is 0 Å². The lowest BCUT2D eigenvalue weighted by molar-refractivity contribution is -0.141. The lowest BCUT2D eigenvalue weighted by Crippen LogP contribution is -2.12. The van der Waals surface area contributed by atoms with E-state index in [2.05, 4.69) is 10.3 Å². The fourth-order valence-electron chi connectivity index (χ4n) is 1.92. The number of nitrogens with one attached hydrogen (secondary N) is 1. The van der Waals surface area contributed by atoms with Gasteiger partial charge >= 0.3 is 6.18 Å². The maximum atomic E-state index is 12.6. The Bertz CT molecular complexity index is 594. The summed E-state index contributed by atoms with van der Waals surface area (Å²) in [5, 5.41) is 2.97. The van der Waals surface area contributed by atoms with Crippen molar-refractivity contribution in [2.45, 2.75) is 25.7 Å². The minimum atomic E-state index is -4.44. The summed E-state index contributed by atoms with van der Waals surface area (Å²) in [6.45, 7) is 2.32. The van der Waals surface area contributed by atoms with Gasteiger partial charge in [0, 0.05) is 12.6 Å². The van der Waals surface area contributed by atoms with Crippen molar-refractivity contribution >= 4 is 5.82 Å². The number of benzene rings is 1. The summed E-state index contributed by atoms with van der Waals surface area (Å²) >= 11 is 0. The number of alkyl halides is 3. The van der Waals surface area contributed by atoms with Gasteiger partial charge in [0.15, 0.2) is 0 Å². The highest BCUT2D eigenvalue weighted by molar-refractivity contribution is 5.39. The number of anilines is 1. The third kappa shape index (κ3) is 3.95. The number of pyridine rings is 1. The monoisotopic (exact) mass is 295 g/mol. The van der Waals surface area contributed by atoms with Gasteiger partial charge in [-0.3, -0.25) is 0 Å². The van der Waals surface area contributed by atoms with Gasteiger partial charge in [-0.25, -0.2) is 4.98 Å².